The maximum absolute atomic E-state index is 12.1. The van der Waals surface area contributed by atoms with E-state index in [1.165, 1.54) is 0 Å². The summed E-state index contributed by atoms with van der Waals surface area (Å²) in [5, 5.41) is 0. The third kappa shape index (κ3) is 3.03. The average Bonchev–Trinajstić information content (AvgIpc) is 2.81. The quantitative estimate of drug-likeness (QED) is 0.507. The maximum atomic E-state index is 12.1. The van der Waals surface area contributed by atoms with Crippen molar-refractivity contribution in [1.82, 2.24) is 4.90 Å². The predicted molar refractivity (Wildman–Crippen MR) is 76.0 cm³/mol. The Bertz CT molecular complexity index is 436. The third-order valence-electron chi connectivity index (χ3n) is 3.81. The van der Waals surface area contributed by atoms with Gasteiger partial charge in [0.05, 0.1) is 0 Å². The summed E-state index contributed by atoms with van der Waals surface area (Å²) in [6, 6.07) is 0. The SMILES string of the molecule is CC(C)(C)OC(=O)N1CCC2(CC(Br)CC2=C=O)C1. The minimum absolute atomic E-state index is 0.174. The Balaban J connectivity index is 2.08. The van der Waals surface area contributed by atoms with E-state index in [4.69, 9.17) is 4.74 Å². The molecule has 106 valence electrons. The van der Waals surface area contributed by atoms with Crippen molar-refractivity contribution in [2.75, 3.05) is 13.1 Å². The monoisotopic (exact) mass is 329 g/mol. The number of amides is 1. The van der Waals surface area contributed by atoms with Gasteiger partial charge in [0.25, 0.3) is 0 Å². The van der Waals surface area contributed by atoms with Crippen LogP contribution in [0.25, 0.3) is 0 Å². The molecule has 4 nitrogen and oxygen atoms in total. The van der Waals surface area contributed by atoms with Gasteiger partial charge in [-0.3, -0.25) is 0 Å². The molecule has 1 heterocycles. The van der Waals surface area contributed by atoms with Crippen LogP contribution < -0.4 is 0 Å². The van der Waals surface area contributed by atoms with E-state index in [1.54, 1.807) is 4.90 Å². The van der Waals surface area contributed by atoms with Gasteiger partial charge in [-0.1, -0.05) is 15.9 Å². The smallest absolute Gasteiger partial charge is 0.410 e. The molecule has 2 fully saturated rings. The molecule has 1 amide bonds. The number of ether oxygens (including phenoxy) is 1. The third-order valence-corrected chi connectivity index (χ3v) is 4.45. The highest BCUT2D eigenvalue weighted by molar-refractivity contribution is 9.09. The fourth-order valence-corrected chi connectivity index (χ4v) is 3.92. The molecule has 2 aliphatic rings. The highest BCUT2D eigenvalue weighted by Gasteiger charge is 2.49. The first-order chi connectivity index (χ1) is 8.76. The Labute approximate surface area is 122 Å². The highest BCUT2D eigenvalue weighted by Crippen LogP contribution is 2.50. The Morgan fingerprint density at radius 3 is 2.79 bits per heavy atom. The van der Waals surface area contributed by atoms with Crippen LogP contribution in [-0.4, -0.2) is 40.5 Å². The first-order valence-electron chi connectivity index (χ1n) is 6.62. The number of rotatable bonds is 0. The minimum Gasteiger partial charge on any atom is -0.444 e. The molecule has 1 saturated carbocycles. The summed E-state index contributed by atoms with van der Waals surface area (Å²) in [5.41, 5.74) is 0.164. The zero-order valence-corrected chi connectivity index (χ0v) is 13.2. The molecular weight excluding hydrogens is 310 g/mol. The van der Waals surface area contributed by atoms with E-state index in [0.29, 0.717) is 17.9 Å². The van der Waals surface area contributed by atoms with Crippen LogP contribution in [0.5, 0.6) is 0 Å². The fraction of sp³-hybridized carbons (Fsp3) is 0.786. The van der Waals surface area contributed by atoms with Gasteiger partial charge in [-0.15, -0.1) is 0 Å². The molecule has 0 aromatic heterocycles. The van der Waals surface area contributed by atoms with Gasteiger partial charge in [-0.2, -0.15) is 0 Å². The molecule has 1 aliphatic heterocycles. The van der Waals surface area contributed by atoms with Crippen LogP contribution in [0, 0.1) is 5.41 Å². The summed E-state index contributed by atoms with van der Waals surface area (Å²) in [7, 11) is 0. The fourth-order valence-electron chi connectivity index (χ4n) is 2.97. The van der Waals surface area contributed by atoms with Crippen molar-refractivity contribution >= 4 is 28.0 Å². The second-order valence-corrected chi connectivity index (χ2v) is 7.81. The first-order valence-corrected chi connectivity index (χ1v) is 7.54. The molecular formula is C14H20BrNO3. The van der Waals surface area contributed by atoms with Crippen LogP contribution in [0.2, 0.25) is 0 Å². The van der Waals surface area contributed by atoms with Crippen LogP contribution in [0.3, 0.4) is 0 Å². The van der Waals surface area contributed by atoms with E-state index < -0.39 is 5.60 Å². The molecule has 0 radical (unpaired) electrons. The maximum Gasteiger partial charge on any atom is 0.410 e. The number of carbonyl (C=O) groups excluding carboxylic acids is 2. The van der Waals surface area contributed by atoms with Crippen LogP contribution in [-0.2, 0) is 9.53 Å². The zero-order valence-electron chi connectivity index (χ0n) is 11.7. The van der Waals surface area contributed by atoms with Crippen LogP contribution in [0.15, 0.2) is 5.57 Å². The van der Waals surface area contributed by atoms with Crippen molar-refractivity contribution in [3.05, 3.63) is 5.57 Å². The van der Waals surface area contributed by atoms with E-state index in [0.717, 1.165) is 24.8 Å². The molecule has 0 N–H and O–H groups in total. The highest BCUT2D eigenvalue weighted by atomic mass is 79.9. The molecule has 19 heavy (non-hydrogen) atoms. The van der Waals surface area contributed by atoms with Crippen LogP contribution >= 0.6 is 15.9 Å². The van der Waals surface area contributed by atoms with Crippen molar-refractivity contribution in [3.63, 3.8) is 0 Å². The standard InChI is InChI=1S/C14H20BrNO3/c1-13(2,3)19-12(18)16-5-4-14(9-16)7-11(15)6-10(14)8-17/h11H,4-7,9H2,1-3H3. The number of halogens is 1. The zero-order chi connectivity index (χ0) is 14.3. The molecule has 1 saturated heterocycles. The number of nitrogens with zero attached hydrogens (tertiary/aromatic N) is 1. The summed E-state index contributed by atoms with van der Waals surface area (Å²) >= 11 is 3.58. The molecule has 1 spiro atoms. The van der Waals surface area contributed by atoms with Crippen molar-refractivity contribution in [1.29, 1.82) is 0 Å². The van der Waals surface area contributed by atoms with Gasteiger partial charge in [-0.05, 0) is 40.0 Å². The van der Waals surface area contributed by atoms with Gasteiger partial charge in [0.15, 0.2) is 0 Å². The molecule has 2 unspecified atom stereocenters. The predicted octanol–water partition coefficient (Wildman–Crippen LogP) is 2.93. The number of hydrogen-bond acceptors (Lipinski definition) is 3. The molecule has 2 rings (SSSR count). The lowest BCUT2D eigenvalue weighted by atomic mass is 9.82. The normalized spacial score (nSPS) is 30.8. The Morgan fingerprint density at radius 1 is 1.53 bits per heavy atom. The lowest BCUT2D eigenvalue weighted by molar-refractivity contribution is 0.0279. The van der Waals surface area contributed by atoms with Crippen LogP contribution in [0.4, 0.5) is 4.79 Å². The second kappa shape index (κ2) is 4.95. The van der Waals surface area contributed by atoms with E-state index >= 15 is 0 Å². The van der Waals surface area contributed by atoms with E-state index in [-0.39, 0.29) is 11.5 Å². The van der Waals surface area contributed by atoms with E-state index in [9.17, 15) is 9.59 Å². The molecule has 2 atom stereocenters. The van der Waals surface area contributed by atoms with Crippen molar-refractivity contribution in [2.24, 2.45) is 5.41 Å². The number of alkyl halides is 1. The van der Waals surface area contributed by atoms with Gasteiger partial charge in [-0.25, -0.2) is 9.59 Å². The van der Waals surface area contributed by atoms with Crippen LogP contribution in [0.1, 0.15) is 40.0 Å². The molecule has 0 aromatic carbocycles. The lowest BCUT2D eigenvalue weighted by Gasteiger charge is -2.26. The summed E-state index contributed by atoms with van der Waals surface area (Å²) in [5.74, 6) is 2.09. The Morgan fingerprint density at radius 2 is 2.21 bits per heavy atom. The Kier molecular flexibility index (Phi) is 3.80. The molecule has 5 heteroatoms. The summed E-state index contributed by atoms with van der Waals surface area (Å²) < 4.78 is 5.39. The summed E-state index contributed by atoms with van der Waals surface area (Å²) in [4.78, 5) is 25.2. The van der Waals surface area contributed by atoms with E-state index in [2.05, 4.69) is 21.9 Å². The molecule has 0 bridgehead atoms. The first kappa shape index (κ1) is 14.6. The van der Waals surface area contributed by atoms with Gasteiger partial charge in [0, 0.05) is 28.9 Å². The largest absolute Gasteiger partial charge is 0.444 e. The minimum atomic E-state index is -0.482. The van der Waals surface area contributed by atoms with E-state index in [1.807, 2.05) is 20.8 Å². The Hall–Kier alpha value is -0.800. The van der Waals surface area contributed by atoms with Crippen molar-refractivity contribution in [2.45, 2.75) is 50.5 Å². The van der Waals surface area contributed by atoms with Crippen molar-refractivity contribution in [3.8, 4) is 0 Å². The number of hydrogen-bond donors (Lipinski definition) is 0. The average molecular weight is 330 g/mol. The topological polar surface area (TPSA) is 46.6 Å². The van der Waals surface area contributed by atoms with Gasteiger partial charge < -0.3 is 9.64 Å². The molecule has 1 aliphatic carbocycles. The summed E-state index contributed by atoms with van der Waals surface area (Å²) in [6.07, 6.45) is 2.19. The van der Waals surface area contributed by atoms with Gasteiger partial charge in [0.1, 0.15) is 11.5 Å². The lowest BCUT2D eigenvalue weighted by Crippen LogP contribution is -2.37. The van der Waals surface area contributed by atoms with Gasteiger partial charge >= 0.3 is 6.09 Å². The summed E-state index contributed by atoms with van der Waals surface area (Å²) in [6.45, 7) is 6.81. The number of carbonyl (C=O) groups is 1. The van der Waals surface area contributed by atoms with Crippen molar-refractivity contribution < 1.29 is 14.3 Å². The number of likely N-dealkylation sites (tertiary alicyclic amines) is 1. The molecule has 0 aromatic rings. The van der Waals surface area contributed by atoms with Gasteiger partial charge in [0.2, 0.25) is 0 Å². The second-order valence-electron chi connectivity index (χ2n) is 6.52.